The van der Waals surface area contributed by atoms with Gasteiger partial charge in [-0.1, -0.05) is 0 Å². The number of aromatic amines is 2. The normalized spacial score (nSPS) is 14.2. The second-order valence-electron chi connectivity index (χ2n) is 8.53. The van der Waals surface area contributed by atoms with E-state index in [0.717, 1.165) is 74.1 Å². The van der Waals surface area contributed by atoms with Crippen LogP contribution in [0.4, 0.5) is 10.2 Å². The van der Waals surface area contributed by atoms with Gasteiger partial charge in [-0.15, -0.1) is 11.3 Å². The van der Waals surface area contributed by atoms with E-state index >= 15 is 0 Å². The molecule has 11 heteroatoms. The summed E-state index contributed by atoms with van der Waals surface area (Å²) in [5.74, 6) is 0.802. The van der Waals surface area contributed by atoms with Crippen LogP contribution in [-0.4, -0.2) is 54.2 Å². The molecule has 0 amide bonds. The average Bonchev–Trinajstić information content (AvgIpc) is 3.59. The first-order valence-corrected chi connectivity index (χ1v) is 11.8. The van der Waals surface area contributed by atoms with E-state index in [4.69, 9.17) is 10.7 Å². The molecule has 0 aliphatic carbocycles. The molecule has 4 N–H and O–H groups in total. The maximum Gasteiger partial charge on any atom is 0.181 e. The van der Waals surface area contributed by atoms with E-state index in [1.807, 2.05) is 18.2 Å². The van der Waals surface area contributed by atoms with E-state index in [9.17, 15) is 4.39 Å². The molecule has 1 saturated heterocycles. The lowest BCUT2D eigenvalue weighted by atomic mass is 10.1. The van der Waals surface area contributed by atoms with Crippen molar-refractivity contribution < 1.29 is 4.39 Å². The van der Waals surface area contributed by atoms with Crippen LogP contribution < -0.4 is 10.6 Å². The van der Waals surface area contributed by atoms with E-state index in [1.165, 1.54) is 6.07 Å². The van der Waals surface area contributed by atoms with Crippen LogP contribution in [0.15, 0.2) is 55.1 Å². The standard InChI is InChI=1S/C24H18FN9S/c25-20-2-1-19(35-20)14-3-4-28-23-15(14)6-17(31-23)22-16-5-12(7-29-24(16)33-32-22)18-8-27-9-21(30-18)34-10-13(26)11-34/h1-9,13H,10-11,26H2,(H,28,31)(H,29,32,33). The highest BCUT2D eigenvalue weighted by atomic mass is 32.1. The fourth-order valence-electron chi connectivity index (χ4n) is 4.43. The summed E-state index contributed by atoms with van der Waals surface area (Å²) in [6, 6.07) is 9.34. The number of nitrogens with one attached hydrogen (secondary N) is 2. The smallest absolute Gasteiger partial charge is 0.181 e. The van der Waals surface area contributed by atoms with Gasteiger partial charge in [0, 0.05) is 58.3 Å². The average molecular weight is 484 g/mol. The molecule has 6 aromatic heterocycles. The second-order valence-corrected chi connectivity index (χ2v) is 9.56. The van der Waals surface area contributed by atoms with Crippen molar-refractivity contribution in [3.05, 3.63) is 60.3 Å². The number of aromatic nitrogens is 7. The number of fused-ring (bicyclic) bond motifs is 2. The molecule has 0 atom stereocenters. The third-order valence-electron chi connectivity index (χ3n) is 6.20. The largest absolute Gasteiger partial charge is 0.352 e. The van der Waals surface area contributed by atoms with Crippen LogP contribution in [0.3, 0.4) is 0 Å². The van der Waals surface area contributed by atoms with Gasteiger partial charge in [0.05, 0.1) is 29.5 Å². The maximum atomic E-state index is 13.7. The molecule has 1 aliphatic heterocycles. The molecule has 35 heavy (non-hydrogen) atoms. The lowest BCUT2D eigenvalue weighted by molar-refractivity contribution is 0.514. The van der Waals surface area contributed by atoms with Gasteiger partial charge >= 0.3 is 0 Å². The summed E-state index contributed by atoms with van der Waals surface area (Å²) in [5, 5.41) is 9.01. The van der Waals surface area contributed by atoms with Gasteiger partial charge in [-0.05, 0) is 30.3 Å². The molecule has 0 unspecified atom stereocenters. The summed E-state index contributed by atoms with van der Waals surface area (Å²) in [6.45, 7) is 1.55. The van der Waals surface area contributed by atoms with Crippen LogP contribution in [0.2, 0.25) is 0 Å². The van der Waals surface area contributed by atoms with Crippen molar-refractivity contribution in [1.29, 1.82) is 0 Å². The number of nitrogens with two attached hydrogens (primary N) is 1. The predicted octanol–water partition coefficient (Wildman–Crippen LogP) is 3.97. The number of anilines is 1. The fourth-order valence-corrected chi connectivity index (χ4v) is 5.20. The van der Waals surface area contributed by atoms with Crippen LogP contribution in [0, 0.1) is 5.13 Å². The molecule has 172 valence electrons. The van der Waals surface area contributed by atoms with Crippen LogP contribution in [-0.2, 0) is 0 Å². The number of thiophene rings is 1. The summed E-state index contributed by atoms with van der Waals surface area (Å²) in [6.07, 6.45) is 6.94. The molecule has 9 nitrogen and oxygen atoms in total. The first-order chi connectivity index (χ1) is 17.1. The molecule has 1 aliphatic rings. The van der Waals surface area contributed by atoms with Crippen molar-refractivity contribution in [3.8, 4) is 33.1 Å². The van der Waals surface area contributed by atoms with Crippen molar-refractivity contribution >= 4 is 39.2 Å². The first-order valence-electron chi connectivity index (χ1n) is 11.0. The SMILES string of the molecule is NC1CN(c2cncc(-c3cnc4n[nH]c(-c5cc6c(-c7ccc(F)s7)ccnc6[nH]5)c4c3)n2)C1. The number of pyridine rings is 2. The highest BCUT2D eigenvalue weighted by Crippen LogP contribution is 2.36. The van der Waals surface area contributed by atoms with Crippen LogP contribution >= 0.6 is 11.3 Å². The lowest BCUT2D eigenvalue weighted by Crippen LogP contribution is -2.56. The van der Waals surface area contributed by atoms with E-state index < -0.39 is 0 Å². The monoisotopic (exact) mass is 483 g/mol. The van der Waals surface area contributed by atoms with Crippen LogP contribution in [0.1, 0.15) is 0 Å². The number of rotatable bonds is 4. The predicted molar refractivity (Wildman–Crippen MR) is 133 cm³/mol. The summed E-state index contributed by atoms with van der Waals surface area (Å²) in [5.41, 5.74) is 11.3. The van der Waals surface area contributed by atoms with Crippen LogP contribution in [0.5, 0.6) is 0 Å². The van der Waals surface area contributed by atoms with Gasteiger partial charge in [0.15, 0.2) is 10.8 Å². The van der Waals surface area contributed by atoms with Gasteiger partial charge in [0.1, 0.15) is 11.5 Å². The van der Waals surface area contributed by atoms with Gasteiger partial charge in [-0.3, -0.25) is 10.1 Å². The molecule has 6 aromatic rings. The Hall–Kier alpha value is -4.22. The Balaban J connectivity index is 1.31. The zero-order chi connectivity index (χ0) is 23.5. The molecule has 0 bridgehead atoms. The number of hydrogen-bond donors (Lipinski definition) is 3. The number of H-pyrrole nitrogens is 2. The Morgan fingerprint density at radius 3 is 2.80 bits per heavy atom. The van der Waals surface area contributed by atoms with E-state index in [-0.39, 0.29) is 11.2 Å². The Kier molecular flexibility index (Phi) is 4.41. The van der Waals surface area contributed by atoms with Gasteiger partial charge < -0.3 is 15.6 Å². The third-order valence-corrected chi connectivity index (χ3v) is 7.11. The highest BCUT2D eigenvalue weighted by Gasteiger charge is 2.25. The second kappa shape index (κ2) is 7.65. The maximum absolute atomic E-state index is 13.7. The Morgan fingerprint density at radius 2 is 1.97 bits per heavy atom. The molecule has 7 rings (SSSR count). The summed E-state index contributed by atoms with van der Waals surface area (Å²) in [7, 11) is 0. The summed E-state index contributed by atoms with van der Waals surface area (Å²) < 4.78 is 13.7. The van der Waals surface area contributed by atoms with E-state index in [0.29, 0.717) is 11.3 Å². The van der Waals surface area contributed by atoms with Gasteiger partial charge in [0.25, 0.3) is 0 Å². The Morgan fingerprint density at radius 1 is 1.06 bits per heavy atom. The fraction of sp³-hybridized carbons (Fsp3) is 0.125. The zero-order valence-corrected chi connectivity index (χ0v) is 19.1. The zero-order valence-electron chi connectivity index (χ0n) is 18.2. The third kappa shape index (κ3) is 3.35. The molecule has 1 fully saturated rings. The van der Waals surface area contributed by atoms with Crippen molar-refractivity contribution in [3.63, 3.8) is 0 Å². The minimum Gasteiger partial charge on any atom is -0.352 e. The number of nitrogens with zero attached hydrogens (tertiary/aromatic N) is 6. The molecule has 0 saturated carbocycles. The molecule has 0 aromatic carbocycles. The highest BCUT2D eigenvalue weighted by molar-refractivity contribution is 7.14. The molecular formula is C24H18FN9S. The van der Waals surface area contributed by atoms with E-state index in [2.05, 4.69) is 35.0 Å². The van der Waals surface area contributed by atoms with Crippen molar-refractivity contribution in [2.24, 2.45) is 5.73 Å². The van der Waals surface area contributed by atoms with Gasteiger partial charge in [-0.25, -0.2) is 15.0 Å². The summed E-state index contributed by atoms with van der Waals surface area (Å²) in [4.78, 5) is 24.5. The minimum atomic E-state index is -0.219. The topological polar surface area (TPSA) is 125 Å². The van der Waals surface area contributed by atoms with Crippen molar-refractivity contribution in [2.75, 3.05) is 18.0 Å². The molecule has 0 radical (unpaired) electrons. The van der Waals surface area contributed by atoms with Gasteiger partial charge in [-0.2, -0.15) is 9.49 Å². The lowest BCUT2D eigenvalue weighted by Gasteiger charge is -2.37. The number of hydrogen-bond acceptors (Lipinski definition) is 8. The molecular weight excluding hydrogens is 465 g/mol. The number of halogens is 1. The minimum absolute atomic E-state index is 0.178. The van der Waals surface area contributed by atoms with Crippen molar-refractivity contribution in [1.82, 2.24) is 35.1 Å². The van der Waals surface area contributed by atoms with Gasteiger partial charge in [0.2, 0.25) is 0 Å². The van der Waals surface area contributed by atoms with Crippen LogP contribution in [0.25, 0.3) is 55.2 Å². The Bertz CT molecular complexity index is 1710. The van der Waals surface area contributed by atoms with E-state index in [1.54, 1.807) is 30.9 Å². The summed E-state index contributed by atoms with van der Waals surface area (Å²) >= 11 is 1.11. The van der Waals surface area contributed by atoms with Crippen molar-refractivity contribution in [2.45, 2.75) is 6.04 Å². The first kappa shape index (κ1) is 20.2. The quantitative estimate of drug-likeness (QED) is 0.346. The molecule has 7 heterocycles. The molecule has 0 spiro atoms. The Labute approximate surface area is 201 Å².